The molecule has 146 valence electrons. The Morgan fingerprint density at radius 1 is 0.893 bits per heavy atom. The molecule has 0 spiro atoms. The lowest BCUT2D eigenvalue weighted by Gasteiger charge is -2.34. The average molecular weight is 397 g/mol. The van der Waals surface area contributed by atoms with Gasteiger partial charge in [-0.2, -0.15) is 4.31 Å². The van der Waals surface area contributed by atoms with Gasteiger partial charge in [0.2, 0.25) is 10.0 Å². The highest BCUT2D eigenvalue weighted by Gasteiger charge is 2.28. The zero-order chi connectivity index (χ0) is 19.7. The molecule has 1 aliphatic rings. The molecule has 1 heterocycles. The molecule has 3 aromatic rings. The third kappa shape index (κ3) is 3.63. The van der Waals surface area contributed by atoms with Gasteiger partial charge < -0.3 is 5.11 Å². The Morgan fingerprint density at radius 3 is 2.29 bits per heavy atom. The standard InChI is InChI=1S/C22H24N2O3S/c1-17-6-10-20(11-7-17)28(26,27)24-14-12-23(13-15-24)16-19-9-8-18-4-2-3-5-21(18)22(19)25/h2-11,25H,12-16H2,1H3. The Morgan fingerprint density at radius 2 is 1.57 bits per heavy atom. The van der Waals surface area contributed by atoms with Crippen molar-refractivity contribution < 1.29 is 13.5 Å². The number of sulfonamides is 1. The van der Waals surface area contributed by atoms with Crippen molar-refractivity contribution in [3.63, 3.8) is 0 Å². The smallest absolute Gasteiger partial charge is 0.243 e. The number of fused-ring (bicyclic) bond motifs is 1. The normalized spacial score (nSPS) is 16.5. The van der Waals surface area contributed by atoms with Crippen molar-refractivity contribution in [2.75, 3.05) is 26.2 Å². The molecular formula is C22H24N2O3S. The number of benzene rings is 3. The Labute approximate surface area is 165 Å². The molecule has 6 heteroatoms. The van der Waals surface area contributed by atoms with E-state index in [1.807, 2.05) is 55.5 Å². The van der Waals surface area contributed by atoms with Gasteiger partial charge in [-0.1, -0.05) is 54.1 Å². The number of aryl methyl sites for hydroxylation is 1. The molecule has 5 nitrogen and oxygen atoms in total. The Bertz CT molecular complexity index is 1090. The lowest BCUT2D eigenvalue weighted by molar-refractivity contribution is 0.180. The molecule has 1 saturated heterocycles. The van der Waals surface area contributed by atoms with E-state index in [1.165, 1.54) is 0 Å². The quantitative estimate of drug-likeness (QED) is 0.735. The summed E-state index contributed by atoms with van der Waals surface area (Å²) in [5.41, 5.74) is 1.91. The van der Waals surface area contributed by atoms with Crippen LogP contribution in [0.25, 0.3) is 10.8 Å². The highest BCUT2D eigenvalue weighted by atomic mass is 32.2. The van der Waals surface area contributed by atoms with E-state index >= 15 is 0 Å². The molecule has 28 heavy (non-hydrogen) atoms. The summed E-state index contributed by atoms with van der Waals surface area (Å²) in [4.78, 5) is 2.53. The molecule has 4 rings (SSSR count). The highest BCUT2D eigenvalue weighted by Crippen LogP contribution is 2.30. The van der Waals surface area contributed by atoms with Crippen LogP contribution in [0.3, 0.4) is 0 Å². The van der Waals surface area contributed by atoms with Gasteiger partial charge in [0.05, 0.1) is 4.90 Å². The van der Waals surface area contributed by atoms with Crippen LogP contribution in [0, 0.1) is 6.92 Å². The zero-order valence-corrected chi connectivity index (χ0v) is 16.7. The van der Waals surface area contributed by atoms with Gasteiger partial charge in [-0.3, -0.25) is 4.90 Å². The zero-order valence-electron chi connectivity index (χ0n) is 15.9. The minimum absolute atomic E-state index is 0.313. The number of aromatic hydroxyl groups is 1. The maximum Gasteiger partial charge on any atom is 0.243 e. The van der Waals surface area contributed by atoms with Crippen LogP contribution in [0.1, 0.15) is 11.1 Å². The van der Waals surface area contributed by atoms with E-state index in [1.54, 1.807) is 16.4 Å². The molecule has 3 aromatic carbocycles. The molecule has 0 aromatic heterocycles. The summed E-state index contributed by atoms with van der Waals surface area (Å²) < 4.78 is 27.2. The maximum atomic E-state index is 12.8. The highest BCUT2D eigenvalue weighted by molar-refractivity contribution is 7.89. The number of phenols is 1. The van der Waals surface area contributed by atoms with E-state index in [9.17, 15) is 13.5 Å². The second-order valence-corrected chi connectivity index (χ2v) is 9.23. The minimum atomic E-state index is -3.45. The van der Waals surface area contributed by atoms with Gasteiger partial charge in [-0.05, 0) is 24.4 Å². The molecule has 0 bridgehead atoms. The van der Waals surface area contributed by atoms with Crippen molar-refractivity contribution in [2.45, 2.75) is 18.4 Å². The van der Waals surface area contributed by atoms with Crippen molar-refractivity contribution in [3.05, 3.63) is 71.8 Å². The fourth-order valence-electron chi connectivity index (χ4n) is 3.66. The summed E-state index contributed by atoms with van der Waals surface area (Å²) in [6.45, 7) is 4.72. The maximum absolute atomic E-state index is 12.8. The Hall–Kier alpha value is -2.41. The lowest BCUT2D eigenvalue weighted by atomic mass is 10.0. The number of phenolic OH excluding ortho intramolecular Hbond substituents is 1. The van der Waals surface area contributed by atoms with E-state index < -0.39 is 10.0 Å². The Kier molecular flexibility index (Phi) is 5.10. The van der Waals surface area contributed by atoms with Crippen LogP contribution in [0.4, 0.5) is 0 Å². The van der Waals surface area contributed by atoms with E-state index in [2.05, 4.69) is 4.90 Å². The van der Waals surface area contributed by atoms with E-state index in [4.69, 9.17) is 0 Å². The van der Waals surface area contributed by atoms with Crippen LogP contribution in [-0.4, -0.2) is 48.9 Å². The monoisotopic (exact) mass is 396 g/mol. The van der Waals surface area contributed by atoms with Crippen molar-refractivity contribution in [1.29, 1.82) is 0 Å². The number of nitrogens with zero attached hydrogens (tertiary/aromatic N) is 2. The van der Waals surface area contributed by atoms with Gasteiger partial charge in [-0.15, -0.1) is 0 Å². The summed E-state index contributed by atoms with van der Waals surface area (Å²) in [6.07, 6.45) is 0. The summed E-state index contributed by atoms with van der Waals surface area (Å²) >= 11 is 0. The van der Waals surface area contributed by atoms with Crippen LogP contribution in [-0.2, 0) is 16.6 Å². The number of rotatable bonds is 4. The van der Waals surface area contributed by atoms with E-state index in [0.29, 0.717) is 43.4 Å². The third-order valence-electron chi connectivity index (χ3n) is 5.37. The molecule has 1 aliphatic heterocycles. The topological polar surface area (TPSA) is 60.9 Å². The van der Waals surface area contributed by atoms with Crippen LogP contribution in [0.5, 0.6) is 5.75 Å². The fraction of sp³-hybridized carbons (Fsp3) is 0.273. The van der Waals surface area contributed by atoms with Crippen LogP contribution in [0.2, 0.25) is 0 Å². The van der Waals surface area contributed by atoms with Crippen molar-refractivity contribution in [3.8, 4) is 5.75 Å². The second kappa shape index (κ2) is 7.54. The first-order valence-electron chi connectivity index (χ1n) is 9.44. The second-order valence-electron chi connectivity index (χ2n) is 7.29. The summed E-state index contributed by atoms with van der Waals surface area (Å²) in [6, 6.07) is 18.7. The van der Waals surface area contributed by atoms with Crippen LogP contribution >= 0.6 is 0 Å². The third-order valence-corrected chi connectivity index (χ3v) is 7.28. The van der Waals surface area contributed by atoms with Crippen molar-refractivity contribution in [2.24, 2.45) is 0 Å². The van der Waals surface area contributed by atoms with Gasteiger partial charge in [0, 0.05) is 43.7 Å². The Balaban J connectivity index is 1.45. The SMILES string of the molecule is Cc1ccc(S(=O)(=O)N2CCN(Cc3ccc4ccccc4c3O)CC2)cc1. The van der Waals surface area contributed by atoms with E-state index in [0.717, 1.165) is 21.9 Å². The molecule has 0 saturated carbocycles. The van der Waals surface area contributed by atoms with Gasteiger partial charge in [0.25, 0.3) is 0 Å². The first-order chi connectivity index (χ1) is 13.4. The van der Waals surface area contributed by atoms with Gasteiger partial charge in [-0.25, -0.2) is 8.42 Å². The molecule has 1 fully saturated rings. The van der Waals surface area contributed by atoms with Crippen molar-refractivity contribution >= 4 is 20.8 Å². The molecule has 0 unspecified atom stereocenters. The average Bonchev–Trinajstić information content (AvgIpc) is 2.71. The first-order valence-corrected chi connectivity index (χ1v) is 10.9. The van der Waals surface area contributed by atoms with E-state index in [-0.39, 0.29) is 0 Å². The predicted octanol–water partition coefficient (Wildman–Crippen LogP) is 3.36. The molecule has 0 aliphatic carbocycles. The molecule has 0 radical (unpaired) electrons. The van der Waals surface area contributed by atoms with Crippen LogP contribution in [0.15, 0.2) is 65.6 Å². The lowest BCUT2D eigenvalue weighted by Crippen LogP contribution is -2.48. The van der Waals surface area contributed by atoms with Gasteiger partial charge in [0.1, 0.15) is 5.75 Å². The molecular weight excluding hydrogens is 372 g/mol. The summed E-state index contributed by atoms with van der Waals surface area (Å²) in [5, 5.41) is 12.5. The number of hydrogen-bond donors (Lipinski definition) is 1. The minimum Gasteiger partial charge on any atom is -0.507 e. The summed E-state index contributed by atoms with van der Waals surface area (Å²) in [5.74, 6) is 0.313. The fourth-order valence-corrected chi connectivity index (χ4v) is 5.08. The predicted molar refractivity (Wildman–Crippen MR) is 111 cm³/mol. The molecule has 1 N–H and O–H groups in total. The largest absolute Gasteiger partial charge is 0.507 e. The van der Waals surface area contributed by atoms with Crippen molar-refractivity contribution in [1.82, 2.24) is 9.21 Å². The number of piperazine rings is 1. The van der Waals surface area contributed by atoms with Gasteiger partial charge in [0.15, 0.2) is 0 Å². The van der Waals surface area contributed by atoms with Gasteiger partial charge >= 0.3 is 0 Å². The van der Waals surface area contributed by atoms with Crippen LogP contribution < -0.4 is 0 Å². The first kappa shape index (κ1) is 18.9. The molecule has 0 amide bonds. The summed E-state index contributed by atoms with van der Waals surface area (Å²) in [7, 11) is -3.45. The number of hydrogen-bond acceptors (Lipinski definition) is 4. The molecule has 0 atom stereocenters.